The molecule has 0 aromatic carbocycles. The van der Waals surface area contributed by atoms with Crippen molar-refractivity contribution >= 4 is 17.3 Å². The molecule has 0 bridgehead atoms. The highest BCUT2D eigenvalue weighted by Gasteiger charge is 2.23. The summed E-state index contributed by atoms with van der Waals surface area (Å²) >= 11 is 1.52. The van der Waals surface area contributed by atoms with Gasteiger partial charge in [0.15, 0.2) is 0 Å². The lowest BCUT2D eigenvalue weighted by atomic mass is 10.0. The third-order valence-corrected chi connectivity index (χ3v) is 2.77. The molecule has 5 heteroatoms. The van der Waals surface area contributed by atoms with Gasteiger partial charge in [-0.05, 0) is 18.4 Å². The third-order valence-electron chi connectivity index (χ3n) is 1.92. The molecule has 0 aliphatic carbocycles. The maximum Gasteiger partial charge on any atom is 0.309 e. The van der Waals surface area contributed by atoms with Crippen LogP contribution in [0.2, 0.25) is 0 Å². The van der Waals surface area contributed by atoms with E-state index in [9.17, 15) is 9.90 Å². The second-order valence-corrected chi connectivity index (χ2v) is 4.65. The molecule has 0 aliphatic heterocycles. The molecule has 0 amide bonds. The van der Waals surface area contributed by atoms with Crippen LogP contribution in [0, 0.1) is 0 Å². The number of aliphatic hydroxyl groups is 1. The quantitative estimate of drug-likeness (QED) is 0.735. The van der Waals surface area contributed by atoms with Crippen LogP contribution < -0.4 is 5.73 Å². The highest BCUT2D eigenvalue weighted by molar-refractivity contribution is 7.09. The van der Waals surface area contributed by atoms with Crippen molar-refractivity contribution in [3.05, 3.63) is 22.4 Å². The number of esters is 1. The minimum atomic E-state index is -1.17. The monoisotopic (exact) mass is 229 g/mol. The zero-order valence-electron chi connectivity index (χ0n) is 8.60. The fourth-order valence-corrected chi connectivity index (χ4v) is 1.60. The molecule has 0 spiro atoms. The van der Waals surface area contributed by atoms with E-state index in [1.165, 1.54) is 18.3 Å². The predicted molar refractivity (Wildman–Crippen MR) is 58.4 cm³/mol. The average molecular weight is 229 g/mol. The Hall–Kier alpha value is -0.910. The molecule has 3 N–H and O–H groups in total. The van der Waals surface area contributed by atoms with Gasteiger partial charge in [-0.15, -0.1) is 11.3 Å². The SMILES string of the molecule is CC(O)(CN)CC(=O)OCc1cccs1. The average Bonchev–Trinajstić information content (AvgIpc) is 2.66. The fourth-order valence-electron chi connectivity index (χ4n) is 0.980. The molecule has 1 atom stereocenters. The van der Waals surface area contributed by atoms with Crippen LogP contribution in [-0.2, 0) is 16.1 Å². The lowest BCUT2D eigenvalue weighted by Gasteiger charge is -2.19. The summed E-state index contributed by atoms with van der Waals surface area (Å²) in [6, 6.07) is 3.78. The van der Waals surface area contributed by atoms with Crippen LogP contribution in [0.5, 0.6) is 0 Å². The Morgan fingerprint density at radius 3 is 3.00 bits per heavy atom. The van der Waals surface area contributed by atoms with Gasteiger partial charge < -0.3 is 15.6 Å². The first-order chi connectivity index (χ1) is 7.03. The van der Waals surface area contributed by atoms with Crippen molar-refractivity contribution in [2.24, 2.45) is 5.73 Å². The highest BCUT2D eigenvalue weighted by atomic mass is 32.1. The fraction of sp³-hybridized carbons (Fsp3) is 0.500. The molecular weight excluding hydrogens is 214 g/mol. The summed E-state index contributed by atoms with van der Waals surface area (Å²) in [6.07, 6.45) is -0.0745. The van der Waals surface area contributed by atoms with Gasteiger partial charge in [0.05, 0.1) is 12.0 Å². The smallest absolute Gasteiger partial charge is 0.309 e. The van der Waals surface area contributed by atoms with Crippen LogP contribution >= 0.6 is 11.3 Å². The van der Waals surface area contributed by atoms with Gasteiger partial charge >= 0.3 is 5.97 Å². The topological polar surface area (TPSA) is 72.5 Å². The third kappa shape index (κ3) is 4.42. The molecule has 1 aromatic rings. The summed E-state index contributed by atoms with van der Waals surface area (Å²) < 4.78 is 4.98. The number of carbonyl (C=O) groups is 1. The van der Waals surface area contributed by atoms with Crippen molar-refractivity contribution in [2.75, 3.05) is 6.54 Å². The summed E-state index contributed by atoms with van der Waals surface area (Å²) in [5.41, 5.74) is 4.12. The Morgan fingerprint density at radius 1 is 1.73 bits per heavy atom. The van der Waals surface area contributed by atoms with E-state index in [1.54, 1.807) is 0 Å². The van der Waals surface area contributed by atoms with Gasteiger partial charge in [0.1, 0.15) is 6.61 Å². The molecule has 1 unspecified atom stereocenters. The Morgan fingerprint density at radius 2 is 2.47 bits per heavy atom. The second kappa shape index (κ2) is 5.25. The van der Waals surface area contributed by atoms with Crippen LogP contribution in [0.3, 0.4) is 0 Å². The zero-order valence-corrected chi connectivity index (χ0v) is 9.42. The zero-order chi connectivity index (χ0) is 11.3. The summed E-state index contributed by atoms with van der Waals surface area (Å²) in [5.74, 6) is -0.432. The first-order valence-corrected chi connectivity index (χ1v) is 5.52. The second-order valence-electron chi connectivity index (χ2n) is 3.62. The van der Waals surface area contributed by atoms with Crippen LogP contribution in [0.1, 0.15) is 18.2 Å². The number of rotatable bonds is 5. The van der Waals surface area contributed by atoms with Crippen LogP contribution in [0.25, 0.3) is 0 Å². The van der Waals surface area contributed by atoms with Gasteiger partial charge in [0, 0.05) is 11.4 Å². The largest absolute Gasteiger partial charge is 0.460 e. The van der Waals surface area contributed by atoms with Crippen molar-refractivity contribution in [1.82, 2.24) is 0 Å². The van der Waals surface area contributed by atoms with Crippen LogP contribution in [0.4, 0.5) is 0 Å². The molecule has 0 aliphatic rings. The Labute approximate surface area is 92.7 Å². The van der Waals surface area contributed by atoms with E-state index in [1.807, 2.05) is 17.5 Å². The Bertz CT molecular complexity index is 308. The van der Waals surface area contributed by atoms with E-state index in [-0.39, 0.29) is 19.6 Å². The molecule has 0 saturated carbocycles. The van der Waals surface area contributed by atoms with Crippen LogP contribution in [-0.4, -0.2) is 23.2 Å². The van der Waals surface area contributed by atoms with E-state index < -0.39 is 11.6 Å². The molecule has 0 saturated heterocycles. The number of nitrogens with two attached hydrogens (primary N) is 1. The van der Waals surface area contributed by atoms with Gasteiger partial charge in [-0.1, -0.05) is 6.07 Å². The van der Waals surface area contributed by atoms with Crippen molar-refractivity contribution in [2.45, 2.75) is 25.6 Å². The van der Waals surface area contributed by atoms with Crippen molar-refractivity contribution in [3.63, 3.8) is 0 Å². The molecule has 1 heterocycles. The number of carbonyl (C=O) groups excluding carboxylic acids is 1. The number of ether oxygens (including phenoxy) is 1. The first-order valence-electron chi connectivity index (χ1n) is 4.64. The minimum absolute atomic E-state index is 0.0428. The number of thiophene rings is 1. The minimum Gasteiger partial charge on any atom is -0.460 e. The summed E-state index contributed by atoms with van der Waals surface area (Å²) in [6.45, 7) is 1.82. The van der Waals surface area contributed by atoms with Gasteiger partial charge in [0.2, 0.25) is 0 Å². The molecule has 4 nitrogen and oxygen atoms in total. The number of hydrogen-bond acceptors (Lipinski definition) is 5. The van der Waals surface area contributed by atoms with E-state index in [0.29, 0.717) is 0 Å². The summed E-state index contributed by atoms with van der Waals surface area (Å²) in [7, 11) is 0. The van der Waals surface area contributed by atoms with E-state index in [2.05, 4.69) is 0 Å². The first kappa shape index (κ1) is 12.2. The Balaban J connectivity index is 2.31. The van der Waals surface area contributed by atoms with Crippen molar-refractivity contribution in [1.29, 1.82) is 0 Å². The molecule has 1 rings (SSSR count). The lowest BCUT2D eigenvalue weighted by molar-refractivity contribution is -0.149. The van der Waals surface area contributed by atoms with Gasteiger partial charge in [-0.25, -0.2) is 0 Å². The van der Waals surface area contributed by atoms with Crippen molar-refractivity contribution in [3.8, 4) is 0 Å². The van der Waals surface area contributed by atoms with Crippen LogP contribution in [0.15, 0.2) is 17.5 Å². The Kier molecular flexibility index (Phi) is 4.26. The van der Waals surface area contributed by atoms with Gasteiger partial charge in [-0.3, -0.25) is 4.79 Å². The van der Waals surface area contributed by atoms with E-state index in [0.717, 1.165) is 4.88 Å². The van der Waals surface area contributed by atoms with E-state index >= 15 is 0 Å². The highest BCUT2D eigenvalue weighted by Crippen LogP contribution is 2.12. The van der Waals surface area contributed by atoms with Gasteiger partial charge in [0.25, 0.3) is 0 Å². The molecule has 1 aromatic heterocycles. The lowest BCUT2D eigenvalue weighted by Crippen LogP contribution is -2.36. The standard InChI is InChI=1S/C10H15NO3S/c1-10(13,7-11)5-9(12)14-6-8-3-2-4-15-8/h2-4,13H,5-7,11H2,1H3. The van der Waals surface area contributed by atoms with Crippen molar-refractivity contribution < 1.29 is 14.6 Å². The molecule has 0 radical (unpaired) electrons. The summed E-state index contributed by atoms with van der Waals surface area (Å²) in [4.78, 5) is 12.3. The summed E-state index contributed by atoms with van der Waals surface area (Å²) in [5, 5.41) is 11.4. The maximum absolute atomic E-state index is 11.3. The number of hydrogen-bond donors (Lipinski definition) is 2. The molecule has 84 valence electrons. The normalized spacial score (nSPS) is 14.6. The maximum atomic E-state index is 11.3. The van der Waals surface area contributed by atoms with E-state index in [4.69, 9.17) is 10.5 Å². The molecule has 15 heavy (non-hydrogen) atoms. The molecular formula is C10H15NO3S. The molecule has 0 fully saturated rings. The van der Waals surface area contributed by atoms with Gasteiger partial charge in [-0.2, -0.15) is 0 Å². The predicted octanol–water partition coefficient (Wildman–Crippen LogP) is 0.891.